The van der Waals surface area contributed by atoms with Crippen molar-refractivity contribution in [2.45, 2.75) is 0 Å². The van der Waals surface area contributed by atoms with Gasteiger partial charge in [-0.2, -0.15) is 0 Å². The largest absolute Gasteiger partial charge is 0.497 e. The number of anilines is 2. The highest BCUT2D eigenvalue weighted by atomic mass is 79.9. The third-order valence-corrected chi connectivity index (χ3v) is 5.07. The maximum atomic E-state index is 5.35. The zero-order chi connectivity index (χ0) is 21.7. The molecule has 10 nitrogen and oxygen atoms in total. The summed E-state index contributed by atoms with van der Waals surface area (Å²) in [5.41, 5.74) is 12.2. The molecule has 4 aromatic rings. The molecule has 4 N–H and O–H groups in total. The van der Waals surface area contributed by atoms with E-state index in [9.17, 15) is 0 Å². The summed E-state index contributed by atoms with van der Waals surface area (Å²) < 4.78 is 22.1. The fourth-order valence-electron chi connectivity index (χ4n) is 2.28. The summed E-state index contributed by atoms with van der Waals surface area (Å²) in [7, 11) is 3.18. The summed E-state index contributed by atoms with van der Waals surface area (Å²) >= 11 is 6.76. The van der Waals surface area contributed by atoms with Gasteiger partial charge in [0.15, 0.2) is 0 Å². The lowest BCUT2D eigenvalue weighted by Crippen LogP contribution is -1.85. The van der Waals surface area contributed by atoms with E-state index < -0.39 is 0 Å². The lowest BCUT2D eigenvalue weighted by Gasteiger charge is -2.03. The number of nitrogens with two attached hydrogens (primary N) is 2. The number of methoxy groups -OCH3 is 2. The predicted molar refractivity (Wildman–Crippen MR) is 117 cm³/mol. The van der Waals surface area contributed by atoms with E-state index in [1.54, 1.807) is 26.4 Å². The fraction of sp³-hybridized carbons (Fsp3) is 0.111. The van der Waals surface area contributed by atoms with Gasteiger partial charge in [-0.15, -0.1) is 10.2 Å². The van der Waals surface area contributed by atoms with Gasteiger partial charge in [0, 0.05) is 8.95 Å². The highest BCUT2D eigenvalue weighted by Gasteiger charge is 2.12. The molecule has 0 radical (unpaired) electrons. The monoisotopic (exact) mass is 538 g/mol. The molecule has 0 bridgehead atoms. The molecule has 0 spiro atoms. The number of benzene rings is 2. The van der Waals surface area contributed by atoms with Crippen LogP contribution in [-0.2, 0) is 0 Å². The van der Waals surface area contributed by atoms with Crippen molar-refractivity contribution in [3.05, 3.63) is 45.3 Å². The molecule has 0 unspecified atom stereocenters. The van der Waals surface area contributed by atoms with Gasteiger partial charge >= 0.3 is 12.0 Å². The van der Waals surface area contributed by atoms with Crippen LogP contribution in [0.2, 0.25) is 0 Å². The molecule has 0 atom stereocenters. The lowest BCUT2D eigenvalue weighted by molar-refractivity contribution is 0.414. The van der Waals surface area contributed by atoms with Crippen molar-refractivity contribution in [3.63, 3.8) is 0 Å². The van der Waals surface area contributed by atoms with E-state index in [1.165, 1.54) is 0 Å². The number of nitrogen functional groups attached to an aromatic ring is 2. The van der Waals surface area contributed by atoms with Gasteiger partial charge in [-0.05, 0) is 68.3 Å². The molecule has 0 aliphatic rings. The van der Waals surface area contributed by atoms with Crippen molar-refractivity contribution in [3.8, 4) is 34.4 Å². The van der Waals surface area contributed by atoms with Crippen LogP contribution in [0.15, 0.2) is 54.2 Å². The second-order valence-electron chi connectivity index (χ2n) is 5.58. The summed E-state index contributed by atoms with van der Waals surface area (Å²) in [6, 6.07) is 11.0. The average molecular weight is 540 g/mol. The first-order valence-electron chi connectivity index (χ1n) is 8.27. The number of nitrogens with zero attached hydrogens (tertiary/aromatic N) is 4. The van der Waals surface area contributed by atoms with Crippen LogP contribution in [0.4, 0.5) is 12.0 Å². The van der Waals surface area contributed by atoms with Crippen molar-refractivity contribution >= 4 is 43.9 Å². The Kier molecular flexibility index (Phi) is 6.90. The molecular weight excluding hydrogens is 524 g/mol. The second kappa shape index (κ2) is 9.59. The Balaban J connectivity index is 0.000000171. The summed E-state index contributed by atoms with van der Waals surface area (Å²) in [6.07, 6.45) is 0. The molecule has 0 saturated carbocycles. The minimum Gasteiger partial charge on any atom is -0.497 e. The van der Waals surface area contributed by atoms with E-state index >= 15 is 0 Å². The number of aromatic nitrogens is 4. The fourth-order valence-corrected chi connectivity index (χ4v) is 3.11. The maximum absolute atomic E-state index is 5.35. The number of ether oxygens (including phenoxy) is 2. The van der Waals surface area contributed by atoms with Crippen molar-refractivity contribution < 1.29 is 18.3 Å². The first kappa shape index (κ1) is 21.6. The van der Waals surface area contributed by atoms with E-state index in [2.05, 4.69) is 52.3 Å². The molecule has 30 heavy (non-hydrogen) atoms. The predicted octanol–water partition coefficient (Wildman–Crippen LogP) is 4.18. The lowest BCUT2D eigenvalue weighted by atomic mass is 10.2. The molecular formula is C18H16Br2N6O4. The van der Waals surface area contributed by atoms with Crippen LogP contribution in [-0.4, -0.2) is 34.6 Å². The first-order chi connectivity index (χ1) is 14.4. The van der Waals surface area contributed by atoms with Gasteiger partial charge in [-0.3, -0.25) is 0 Å². The van der Waals surface area contributed by atoms with Gasteiger partial charge in [0.25, 0.3) is 11.8 Å². The molecule has 156 valence electrons. The zero-order valence-electron chi connectivity index (χ0n) is 15.8. The topological polar surface area (TPSA) is 148 Å². The summed E-state index contributed by atoms with van der Waals surface area (Å²) in [5, 5.41) is 14.8. The van der Waals surface area contributed by atoms with Gasteiger partial charge in [0.05, 0.1) is 25.3 Å². The Hall–Kier alpha value is -3.12. The van der Waals surface area contributed by atoms with E-state index in [0.29, 0.717) is 23.3 Å². The Morgan fingerprint density at radius 1 is 0.700 bits per heavy atom. The SMILES string of the molecule is COc1ccc(Br)c(-c2nnc(N)o2)c1.COc1ccc(Br)c(-c2nnc(N)o2)c1. The van der Waals surface area contributed by atoms with Gasteiger partial charge in [0.2, 0.25) is 0 Å². The Labute approximate surface area is 187 Å². The van der Waals surface area contributed by atoms with E-state index in [-0.39, 0.29) is 12.0 Å². The van der Waals surface area contributed by atoms with Crippen LogP contribution in [0.5, 0.6) is 11.5 Å². The number of halogens is 2. The smallest absolute Gasteiger partial charge is 0.313 e. The van der Waals surface area contributed by atoms with Gasteiger partial charge in [-0.1, -0.05) is 10.2 Å². The Morgan fingerprint density at radius 2 is 1.10 bits per heavy atom. The third kappa shape index (κ3) is 5.07. The number of rotatable bonds is 4. The molecule has 2 aromatic carbocycles. The Bertz CT molecular complexity index is 1060. The van der Waals surface area contributed by atoms with Crippen LogP contribution >= 0.6 is 31.9 Å². The van der Waals surface area contributed by atoms with Crippen LogP contribution < -0.4 is 20.9 Å². The minimum absolute atomic E-state index is 0.0414. The van der Waals surface area contributed by atoms with Crippen molar-refractivity contribution in [1.29, 1.82) is 0 Å². The van der Waals surface area contributed by atoms with Crippen LogP contribution in [0, 0.1) is 0 Å². The maximum Gasteiger partial charge on any atom is 0.313 e. The van der Waals surface area contributed by atoms with Crippen molar-refractivity contribution in [1.82, 2.24) is 20.4 Å². The molecule has 0 aliphatic heterocycles. The van der Waals surface area contributed by atoms with E-state index in [1.807, 2.05) is 24.3 Å². The number of hydrogen-bond donors (Lipinski definition) is 2. The van der Waals surface area contributed by atoms with Crippen LogP contribution in [0.25, 0.3) is 22.9 Å². The number of hydrogen-bond acceptors (Lipinski definition) is 10. The van der Waals surface area contributed by atoms with E-state index in [0.717, 1.165) is 20.1 Å². The molecule has 4 rings (SSSR count). The minimum atomic E-state index is 0.0414. The standard InChI is InChI=1S/2C9H8BrN3O2/c2*1-14-5-2-3-7(10)6(4-5)8-12-13-9(11)15-8/h2*2-4H,1H3,(H2,11,13). The second-order valence-corrected chi connectivity index (χ2v) is 7.29. The Morgan fingerprint density at radius 3 is 1.40 bits per heavy atom. The molecule has 0 fully saturated rings. The highest BCUT2D eigenvalue weighted by molar-refractivity contribution is 9.11. The van der Waals surface area contributed by atoms with Crippen LogP contribution in [0.1, 0.15) is 0 Å². The molecule has 0 saturated heterocycles. The summed E-state index contributed by atoms with van der Waals surface area (Å²) in [5.74, 6) is 2.14. The zero-order valence-corrected chi connectivity index (χ0v) is 19.0. The molecule has 12 heteroatoms. The van der Waals surface area contributed by atoms with Crippen molar-refractivity contribution in [2.75, 3.05) is 25.7 Å². The quantitative estimate of drug-likeness (QED) is 0.386. The van der Waals surface area contributed by atoms with Gasteiger partial charge in [-0.25, -0.2) is 0 Å². The summed E-state index contributed by atoms with van der Waals surface area (Å²) in [6.45, 7) is 0. The first-order valence-corrected chi connectivity index (χ1v) is 9.85. The van der Waals surface area contributed by atoms with Crippen LogP contribution in [0.3, 0.4) is 0 Å². The molecule has 2 heterocycles. The van der Waals surface area contributed by atoms with Gasteiger partial charge < -0.3 is 29.8 Å². The third-order valence-electron chi connectivity index (χ3n) is 3.69. The average Bonchev–Trinajstić information content (AvgIpc) is 3.37. The van der Waals surface area contributed by atoms with E-state index in [4.69, 9.17) is 29.8 Å². The van der Waals surface area contributed by atoms with Crippen molar-refractivity contribution in [2.24, 2.45) is 0 Å². The summed E-state index contributed by atoms with van der Waals surface area (Å²) in [4.78, 5) is 0. The highest BCUT2D eigenvalue weighted by Crippen LogP contribution is 2.32. The normalized spacial score (nSPS) is 10.3. The molecule has 2 aromatic heterocycles. The molecule has 0 amide bonds. The van der Waals surface area contributed by atoms with Gasteiger partial charge in [0.1, 0.15) is 11.5 Å². The molecule has 0 aliphatic carbocycles.